The molecule has 1 aliphatic heterocycles. The molecular weight excluding hydrogens is 417 g/mol. The van der Waals surface area contributed by atoms with Gasteiger partial charge in [0.05, 0.1) is 24.8 Å². The summed E-state index contributed by atoms with van der Waals surface area (Å²) >= 11 is 0. The highest BCUT2D eigenvalue weighted by Gasteiger charge is 2.31. The number of morpholine rings is 1. The zero-order valence-electron chi connectivity index (χ0n) is 16.9. The minimum atomic E-state index is -4.43. The molecule has 1 saturated heterocycles. The molecule has 1 aliphatic rings. The molecule has 11 heteroatoms. The number of halogens is 3. The summed E-state index contributed by atoms with van der Waals surface area (Å²) in [6.07, 6.45) is -3.18. The minimum Gasteiger partial charge on any atom is -0.379 e. The molecule has 0 saturated carbocycles. The molecule has 0 spiro atoms. The van der Waals surface area contributed by atoms with E-state index in [1.807, 2.05) is 4.90 Å². The summed E-state index contributed by atoms with van der Waals surface area (Å²) in [7, 11) is 1.32. The number of carbonyl (C=O) groups is 1. The molecule has 2 aromatic rings. The molecule has 1 unspecified atom stereocenters. The monoisotopic (exact) mass is 440 g/mol. The highest BCUT2D eigenvalue weighted by molar-refractivity contribution is 5.75. The number of nitrogens with zero attached hydrogens (tertiary/aromatic N) is 3. The van der Waals surface area contributed by atoms with Crippen molar-refractivity contribution >= 4 is 5.91 Å². The molecule has 1 atom stereocenters. The van der Waals surface area contributed by atoms with Gasteiger partial charge < -0.3 is 10.1 Å². The predicted molar refractivity (Wildman–Crippen MR) is 106 cm³/mol. The fourth-order valence-electron chi connectivity index (χ4n) is 3.40. The average Bonchev–Trinajstić information content (AvgIpc) is 2.75. The van der Waals surface area contributed by atoms with Gasteiger partial charge in [0.15, 0.2) is 0 Å². The van der Waals surface area contributed by atoms with Crippen molar-refractivity contribution in [1.82, 2.24) is 19.4 Å². The van der Waals surface area contributed by atoms with Crippen molar-refractivity contribution in [2.45, 2.75) is 18.8 Å². The van der Waals surface area contributed by atoms with Gasteiger partial charge in [-0.1, -0.05) is 12.1 Å². The van der Waals surface area contributed by atoms with E-state index >= 15 is 0 Å². The van der Waals surface area contributed by atoms with E-state index in [2.05, 4.69) is 5.32 Å². The second-order valence-electron chi connectivity index (χ2n) is 7.21. The third kappa shape index (κ3) is 5.61. The average molecular weight is 440 g/mol. The third-order valence-corrected chi connectivity index (χ3v) is 5.18. The Morgan fingerprint density at radius 2 is 1.77 bits per heavy atom. The lowest BCUT2D eigenvalue weighted by molar-refractivity contribution is -0.137. The molecule has 8 nitrogen and oxygen atoms in total. The van der Waals surface area contributed by atoms with Gasteiger partial charge in [0.25, 0.3) is 5.56 Å². The van der Waals surface area contributed by atoms with E-state index in [0.29, 0.717) is 31.9 Å². The molecule has 1 fully saturated rings. The predicted octanol–water partition coefficient (Wildman–Crippen LogP) is 0.756. The van der Waals surface area contributed by atoms with Crippen LogP contribution in [0.1, 0.15) is 17.2 Å². The van der Waals surface area contributed by atoms with Gasteiger partial charge >= 0.3 is 11.9 Å². The molecule has 168 valence electrons. The van der Waals surface area contributed by atoms with Crippen LogP contribution in [0.4, 0.5) is 13.2 Å². The molecule has 1 N–H and O–H groups in total. The van der Waals surface area contributed by atoms with Crippen LogP contribution in [0.25, 0.3) is 0 Å². The van der Waals surface area contributed by atoms with E-state index in [-0.39, 0.29) is 19.1 Å². The maximum atomic E-state index is 12.9. The van der Waals surface area contributed by atoms with Crippen LogP contribution in [0, 0.1) is 0 Å². The number of hydrogen-bond donors (Lipinski definition) is 1. The lowest BCUT2D eigenvalue weighted by Crippen LogP contribution is -2.45. The summed E-state index contributed by atoms with van der Waals surface area (Å²) in [5.41, 5.74) is -1.20. The van der Waals surface area contributed by atoms with Gasteiger partial charge in [0, 0.05) is 38.9 Å². The SMILES string of the molecule is Cn1c(=O)ccn(CC(=O)NCC(c2ccc(C(F)(F)F)cc2)N2CCOCC2)c1=O. The number of ether oxygens (including phenoxy) is 1. The van der Waals surface area contributed by atoms with Crippen molar-refractivity contribution in [2.24, 2.45) is 7.05 Å². The number of hydrogen-bond acceptors (Lipinski definition) is 5. The summed E-state index contributed by atoms with van der Waals surface area (Å²) in [6, 6.07) is 5.70. The second kappa shape index (κ2) is 9.48. The first-order chi connectivity index (χ1) is 14.7. The van der Waals surface area contributed by atoms with Gasteiger partial charge in [0.2, 0.25) is 5.91 Å². The number of nitrogens with one attached hydrogen (secondary N) is 1. The Kier molecular flexibility index (Phi) is 6.96. The van der Waals surface area contributed by atoms with Crippen LogP contribution in [0.2, 0.25) is 0 Å². The van der Waals surface area contributed by atoms with Crippen molar-refractivity contribution in [1.29, 1.82) is 0 Å². The first-order valence-electron chi connectivity index (χ1n) is 9.69. The smallest absolute Gasteiger partial charge is 0.379 e. The Balaban J connectivity index is 1.73. The third-order valence-electron chi connectivity index (χ3n) is 5.18. The second-order valence-corrected chi connectivity index (χ2v) is 7.21. The lowest BCUT2D eigenvalue weighted by atomic mass is 10.0. The number of carbonyl (C=O) groups excluding carboxylic acids is 1. The molecule has 0 bridgehead atoms. The quantitative estimate of drug-likeness (QED) is 0.717. The lowest BCUT2D eigenvalue weighted by Gasteiger charge is -2.35. The van der Waals surface area contributed by atoms with E-state index < -0.39 is 28.9 Å². The summed E-state index contributed by atoms with van der Waals surface area (Å²) in [5.74, 6) is -0.453. The first kappa shape index (κ1) is 22.8. The van der Waals surface area contributed by atoms with E-state index in [1.54, 1.807) is 0 Å². The maximum absolute atomic E-state index is 12.9. The van der Waals surface area contributed by atoms with Gasteiger partial charge in [-0.25, -0.2) is 4.79 Å². The fourth-order valence-corrected chi connectivity index (χ4v) is 3.40. The number of benzene rings is 1. The van der Waals surface area contributed by atoms with Gasteiger partial charge in [-0.15, -0.1) is 0 Å². The Bertz CT molecular complexity index is 1020. The summed E-state index contributed by atoms with van der Waals surface area (Å²) in [5, 5.41) is 2.74. The minimum absolute atomic E-state index is 0.144. The van der Waals surface area contributed by atoms with Gasteiger partial charge in [-0.3, -0.25) is 23.6 Å². The first-order valence-corrected chi connectivity index (χ1v) is 9.69. The largest absolute Gasteiger partial charge is 0.416 e. The number of rotatable bonds is 6. The normalized spacial score (nSPS) is 16.1. The van der Waals surface area contributed by atoms with E-state index in [9.17, 15) is 27.6 Å². The molecular formula is C20H23F3N4O4. The zero-order chi connectivity index (χ0) is 22.6. The molecule has 0 radical (unpaired) electrons. The van der Waals surface area contributed by atoms with Crippen LogP contribution in [-0.2, 0) is 29.3 Å². The van der Waals surface area contributed by atoms with E-state index in [4.69, 9.17) is 4.74 Å². The number of amides is 1. The van der Waals surface area contributed by atoms with Crippen LogP contribution < -0.4 is 16.6 Å². The van der Waals surface area contributed by atoms with Gasteiger partial charge in [0.1, 0.15) is 6.54 Å². The van der Waals surface area contributed by atoms with Crippen LogP contribution in [0.15, 0.2) is 46.1 Å². The molecule has 1 amide bonds. The zero-order valence-corrected chi connectivity index (χ0v) is 16.9. The Labute approximate surface area is 175 Å². The molecule has 0 aliphatic carbocycles. The Morgan fingerprint density at radius 3 is 2.39 bits per heavy atom. The standard InChI is InChI=1S/C20H23F3N4O4/c1-25-18(29)6-7-27(19(25)30)13-17(28)24-12-16(26-8-10-31-11-9-26)14-2-4-15(5-3-14)20(21,22)23/h2-7,16H,8-13H2,1H3,(H,24,28). The Hall–Kier alpha value is -2.92. The van der Waals surface area contributed by atoms with Gasteiger partial charge in [-0.05, 0) is 17.7 Å². The summed E-state index contributed by atoms with van der Waals surface area (Å²) in [6.45, 7) is 1.97. The number of aromatic nitrogens is 2. The Morgan fingerprint density at radius 1 is 1.13 bits per heavy atom. The summed E-state index contributed by atoms with van der Waals surface area (Å²) in [4.78, 5) is 38.0. The molecule has 1 aromatic carbocycles. The highest BCUT2D eigenvalue weighted by atomic mass is 19.4. The van der Waals surface area contributed by atoms with Crippen LogP contribution >= 0.6 is 0 Å². The molecule has 1 aromatic heterocycles. The molecule has 31 heavy (non-hydrogen) atoms. The number of alkyl halides is 3. The summed E-state index contributed by atoms with van der Waals surface area (Å²) < 4.78 is 46.0. The van der Waals surface area contributed by atoms with Crippen molar-refractivity contribution in [2.75, 3.05) is 32.8 Å². The van der Waals surface area contributed by atoms with Crippen molar-refractivity contribution < 1.29 is 22.7 Å². The van der Waals surface area contributed by atoms with Crippen molar-refractivity contribution in [3.05, 3.63) is 68.5 Å². The highest BCUT2D eigenvalue weighted by Crippen LogP contribution is 2.31. The molecule has 2 heterocycles. The maximum Gasteiger partial charge on any atom is 0.416 e. The van der Waals surface area contributed by atoms with Crippen molar-refractivity contribution in [3.63, 3.8) is 0 Å². The van der Waals surface area contributed by atoms with Gasteiger partial charge in [-0.2, -0.15) is 13.2 Å². The van der Waals surface area contributed by atoms with E-state index in [1.165, 1.54) is 31.4 Å². The molecule has 3 rings (SSSR count). The fraction of sp³-hybridized carbons (Fsp3) is 0.450. The van der Waals surface area contributed by atoms with E-state index in [0.717, 1.165) is 21.3 Å². The van der Waals surface area contributed by atoms with Crippen LogP contribution in [0.3, 0.4) is 0 Å². The van der Waals surface area contributed by atoms with Crippen molar-refractivity contribution in [3.8, 4) is 0 Å². The topological polar surface area (TPSA) is 85.6 Å². The van der Waals surface area contributed by atoms with Crippen LogP contribution in [-0.4, -0.2) is 52.8 Å². The van der Waals surface area contributed by atoms with Crippen LogP contribution in [0.5, 0.6) is 0 Å².